The van der Waals surface area contributed by atoms with E-state index in [1.807, 2.05) is 11.4 Å². The molecule has 2 aliphatic rings. The van der Waals surface area contributed by atoms with Gasteiger partial charge in [-0.25, -0.2) is 0 Å². The van der Waals surface area contributed by atoms with Crippen molar-refractivity contribution in [2.24, 2.45) is 17.6 Å². The molecule has 3 N–H and O–H groups in total. The average Bonchev–Trinajstić information content (AvgIpc) is 3.31. The van der Waals surface area contributed by atoms with E-state index in [0.29, 0.717) is 12.6 Å². The Labute approximate surface area is 117 Å². The quantitative estimate of drug-likeness (QED) is 0.825. The lowest BCUT2D eigenvalue weighted by molar-refractivity contribution is 0.0930. The van der Waals surface area contributed by atoms with E-state index in [2.05, 4.69) is 17.2 Å². The molecule has 1 aromatic rings. The minimum Gasteiger partial charge on any atom is -0.348 e. The van der Waals surface area contributed by atoms with Crippen LogP contribution in [0.3, 0.4) is 0 Å². The summed E-state index contributed by atoms with van der Waals surface area (Å²) in [4.78, 5) is 13.1. The van der Waals surface area contributed by atoms with Crippen molar-refractivity contribution in [1.29, 1.82) is 0 Å². The van der Waals surface area contributed by atoms with Gasteiger partial charge in [-0.2, -0.15) is 0 Å². The molecule has 2 aliphatic carbocycles. The van der Waals surface area contributed by atoms with Gasteiger partial charge in [0.1, 0.15) is 4.88 Å². The molecular weight excluding hydrogens is 256 g/mol. The Morgan fingerprint density at radius 3 is 2.68 bits per heavy atom. The normalized spacial score (nSPS) is 18.0. The third-order valence-corrected chi connectivity index (χ3v) is 4.67. The Balaban J connectivity index is 1.70. The molecule has 0 radical (unpaired) electrons. The second-order valence-corrected chi connectivity index (χ2v) is 6.26. The van der Waals surface area contributed by atoms with Crippen LogP contribution in [0.2, 0.25) is 0 Å². The van der Waals surface area contributed by atoms with Crippen LogP contribution < -0.4 is 11.1 Å². The summed E-state index contributed by atoms with van der Waals surface area (Å²) in [6.45, 7) is 0.323. The highest BCUT2D eigenvalue weighted by Gasteiger charge is 2.42. The van der Waals surface area contributed by atoms with Crippen LogP contribution in [-0.4, -0.2) is 18.5 Å². The highest BCUT2D eigenvalue weighted by atomic mass is 32.1. The first kappa shape index (κ1) is 12.7. The van der Waals surface area contributed by atoms with Crippen molar-refractivity contribution >= 4 is 17.2 Å². The van der Waals surface area contributed by atoms with Crippen molar-refractivity contribution in [3.05, 3.63) is 21.9 Å². The van der Waals surface area contributed by atoms with Gasteiger partial charge in [0.25, 0.3) is 5.91 Å². The number of thiophene rings is 1. The van der Waals surface area contributed by atoms with Crippen molar-refractivity contribution in [2.75, 3.05) is 6.54 Å². The van der Waals surface area contributed by atoms with Crippen molar-refractivity contribution in [3.63, 3.8) is 0 Å². The summed E-state index contributed by atoms with van der Waals surface area (Å²) in [5.41, 5.74) is 6.18. The number of nitrogens with two attached hydrogens (primary N) is 1. The number of carbonyl (C=O) groups is 1. The molecule has 1 amide bonds. The minimum absolute atomic E-state index is 0.0418. The van der Waals surface area contributed by atoms with Gasteiger partial charge in [-0.3, -0.25) is 4.79 Å². The number of nitrogens with one attached hydrogen (secondary N) is 1. The Morgan fingerprint density at radius 1 is 1.42 bits per heavy atom. The lowest BCUT2D eigenvalue weighted by atomic mass is 10.1. The summed E-state index contributed by atoms with van der Waals surface area (Å²) in [6, 6.07) is 2.29. The first-order valence-corrected chi connectivity index (χ1v) is 7.75. The predicted octanol–water partition coefficient (Wildman–Crippen LogP) is 1.98. The van der Waals surface area contributed by atoms with E-state index in [1.54, 1.807) is 0 Å². The van der Waals surface area contributed by atoms with E-state index >= 15 is 0 Å². The Morgan fingerprint density at radius 2 is 2.11 bits per heavy atom. The topological polar surface area (TPSA) is 55.1 Å². The van der Waals surface area contributed by atoms with Crippen LogP contribution in [0, 0.1) is 23.7 Å². The summed E-state index contributed by atoms with van der Waals surface area (Å²) >= 11 is 1.46. The van der Waals surface area contributed by atoms with Crippen LogP contribution in [0.25, 0.3) is 0 Å². The first-order chi connectivity index (χ1) is 9.29. The maximum atomic E-state index is 12.4. The molecule has 0 aromatic carbocycles. The van der Waals surface area contributed by atoms with Crippen molar-refractivity contribution in [3.8, 4) is 11.8 Å². The molecule has 0 atom stereocenters. The fourth-order valence-electron chi connectivity index (χ4n) is 2.48. The predicted molar refractivity (Wildman–Crippen MR) is 77.0 cm³/mol. The van der Waals surface area contributed by atoms with E-state index in [9.17, 15) is 4.79 Å². The maximum Gasteiger partial charge on any atom is 0.262 e. The Bertz CT molecular complexity index is 520. The van der Waals surface area contributed by atoms with Gasteiger partial charge in [-0.15, -0.1) is 11.3 Å². The number of hydrogen-bond donors (Lipinski definition) is 2. The fraction of sp³-hybridized carbons (Fsp3) is 0.533. The highest BCUT2D eigenvalue weighted by Crippen LogP contribution is 2.44. The van der Waals surface area contributed by atoms with Crippen LogP contribution in [0.15, 0.2) is 11.4 Å². The van der Waals surface area contributed by atoms with Crippen molar-refractivity contribution in [2.45, 2.75) is 31.7 Å². The van der Waals surface area contributed by atoms with Crippen LogP contribution in [0.5, 0.6) is 0 Å². The summed E-state index contributed by atoms with van der Waals surface area (Å²) < 4.78 is 0. The third kappa shape index (κ3) is 2.99. The van der Waals surface area contributed by atoms with E-state index in [0.717, 1.165) is 22.3 Å². The molecule has 1 aromatic heterocycles. The van der Waals surface area contributed by atoms with E-state index < -0.39 is 0 Å². The monoisotopic (exact) mass is 274 g/mol. The van der Waals surface area contributed by atoms with Gasteiger partial charge in [0.2, 0.25) is 0 Å². The molecule has 0 bridgehead atoms. The van der Waals surface area contributed by atoms with Crippen LogP contribution in [0.4, 0.5) is 0 Å². The zero-order valence-corrected chi connectivity index (χ0v) is 11.6. The molecule has 0 spiro atoms. The molecule has 3 rings (SSSR count). The number of hydrogen-bond acceptors (Lipinski definition) is 3. The average molecular weight is 274 g/mol. The molecule has 2 fully saturated rings. The standard InChI is InChI=1S/C15H18N2OS/c16-8-1-2-12-7-9-19-14(12)15(18)17-13(10-3-4-10)11-5-6-11/h7,9-11,13H,3-6,8,16H2,(H,17,18). The smallest absolute Gasteiger partial charge is 0.262 e. The summed E-state index contributed by atoms with van der Waals surface area (Å²) in [6.07, 6.45) is 5.08. The Hall–Kier alpha value is -1.31. The van der Waals surface area contributed by atoms with Gasteiger partial charge in [-0.05, 0) is 49.0 Å². The molecule has 100 valence electrons. The molecule has 3 nitrogen and oxygen atoms in total. The van der Waals surface area contributed by atoms with Crippen LogP contribution >= 0.6 is 11.3 Å². The first-order valence-electron chi connectivity index (χ1n) is 6.87. The van der Waals surface area contributed by atoms with Crippen LogP contribution in [0.1, 0.15) is 40.9 Å². The summed E-state index contributed by atoms with van der Waals surface area (Å²) in [5.74, 6) is 7.26. The second-order valence-electron chi connectivity index (χ2n) is 5.34. The zero-order valence-electron chi connectivity index (χ0n) is 10.8. The Kier molecular flexibility index (Phi) is 3.58. The molecule has 2 saturated carbocycles. The molecule has 4 heteroatoms. The second kappa shape index (κ2) is 5.36. The molecular formula is C15H18N2OS. The SMILES string of the molecule is NCC#Cc1ccsc1C(=O)NC(C1CC1)C1CC1. The highest BCUT2D eigenvalue weighted by molar-refractivity contribution is 7.12. The molecule has 19 heavy (non-hydrogen) atoms. The van der Waals surface area contributed by atoms with Gasteiger partial charge in [-0.1, -0.05) is 11.8 Å². The van der Waals surface area contributed by atoms with E-state index in [4.69, 9.17) is 5.73 Å². The largest absolute Gasteiger partial charge is 0.348 e. The summed E-state index contributed by atoms with van der Waals surface area (Å²) in [5, 5.41) is 5.15. The van der Waals surface area contributed by atoms with E-state index in [1.165, 1.54) is 37.0 Å². The maximum absolute atomic E-state index is 12.4. The molecule has 1 heterocycles. The number of amides is 1. The fourth-order valence-corrected chi connectivity index (χ4v) is 3.23. The summed E-state index contributed by atoms with van der Waals surface area (Å²) in [7, 11) is 0. The van der Waals surface area contributed by atoms with Crippen molar-refractivity contribution in [1.82, 2.24) is 5.32 Å². The number of rotatable bonds is 4. The third-order valence-electron chi connectivity index (χ3n) is 3.75. The minimum atomic E-state index is 0.0418. The van der Waals surface area contributed by atoms with Crippen LogP contribution in [-0.2, 0) is 0 Å². The van der Waals surface area contributed by atoms with Gasteiger partial charge in [0, 0.05) is 11.6 Å². The van der Waals surface area contributed by atoms with E-state index in [-0.39, 0.29) is 5.91 Å². The molecule has 0 unspecified atom stereocenters. The van der Waals surface area contributed by atoms with Gasteiger partial charge in [0.15, 0.2) is 0 Å². The molecule has 0 aliphatic heterocycles. The van der Waals surface area contributed by atoms with Gasteiger partial charge < -0.3 is 11.1 Å². The number of carbonyl (C=O) groups excluding carboxylic acids is 1. The van der Waals surface area contributed by atoms with Gasteiger partial charge in [0.05, 0.1) is 6.54 Å². The molecule has 0 saturated heterocycles. The van der Waals surface area contributed by atoms with Gasteiger partial charge >= 0.3 is 0 Å². The zero-order chi connectivity index (χ0) is 13.2. The van der Waals surface area contributed by atoms with Crippen molar-refractivity contribution < 1.29 is 4.79 Å². The lowest BCUT2D eigenvalue weighted by Gasteiger charge is -2.17. The lowest BCUT2D eigenvalue weighted by Crippen LogP contribution is -2.38.